The predicted octanol–water partition coefficient (Wildman–Crippen LogP) is 2.10. The second-order valence-electron chi connectivity index (χ2n) is 4.05. The van der Waals surface area contributed by atoms with Crippen molar-refractivity contribution in [2.24, 2.45) is 0 Å². The Morgan fingerprint density at radius 2 is 1.95 bits per heavy atom. The highest BCUT2D eigenvalue weighted by molar-refractivity contribution is 8.02. The Hall–Kier alpha value is -2.08. The molecule has 5 nitrogen and oxygen atoms in total. The van der Waals surface area contributed by atoms with Crippen molar-refractivity contribution in [2.75, 3.05) is 5.84 Å². The maximum absolute atomic E-state index is 11.9. The lowest BCUT2D eigenvalue weighted by Gasteiger charge is -1.97. The fourth-order valence-corrected chi connectivity index (χ4v) is 2.05. The van der Waals surface area contributed by atoms with Gasteiger partial charge in [-0.15, -0.1) is 10.2 Å². The first kappa shape index (κ1) is 13.4. The van der Waals surface area contributed by atoms with Crippen LogP contribution in [0.25, 0.3) is 0 Å². The van der Waals surface area contributed by atoms with E-state index in [0.29, 0.717) is 16.5 Å². The lowest BCUT2D eigenvalue weighted by molar-refractivity contribution is 0.104. The number of ketones is 1. The quantitative estimate of drug-likeness (QED) is 0.400. The standard InChI is InChI=1S/C13H14N4OS/c1-9-3-5-11(6-4-9)12(18)7-8-19-13-16-15-10(2)17(13)14/h3-8H,14H2,1-2H3/b8-7+. The molecule has 1 aromatic heterocycles. The predicted molar refractivity (Wildman–Crippen MR) is 75.4 cm³/mol. The van der Waals surface area contributed by atoms with E-state index >= 15 is 0 Å². The summed E-state index contributed by atoms with van der Waals surface area (Å²) in [6.45, 7) is 3.74. The van der Waals surface area contributed by atoms with Gasteiger partial charge >= 0.3 is 0 Å². The van der Waals surface area contributed by atoms with Crippen molar-refractivity contribution in [3.8, 4) is 0 Å². The molecule has 2 rings (SSSR count). The number of nitrogens with zero attached hydrogens (tertiary/aromatic N) is 3. The van der Waals surface area contributed by atoms with E-state index in [2.05, 4.69) is 10.2 Å². The Morgan fingerprint density at radius 1 is 1.26 bits per heavy atom. The molecule has 1 heterocycles. The Morgan fingerprint density at radius 3 is 2.53 bits per heavy atom. The van der Waals surface area contributed by atoms with Gasteiger partial charge in [-0.05, 0) is 25.3 Å². The molecule has 0 radical (unpaired) electrons. The van der Waals surface area contributed by atoms with Gasteiger partial charge in [-0.2, -0.15) is 0 Å². The van der Waals surface area contributed by atoms with Gasteiger partial charge in [0.2, 0.25) is 5.16 Å². The van der Waals surface area contributed by atoms with E-state index in [1.165, 1.54) is 22.5 Å². The number of thioether (sulfide) groups is 1. The van der Waals surface area contributed by atoms with Crippen LogP contribution in [0.1, 0.15) is 21.7 Å². The molecule has 0 fully saturated rings. The van der Waals surface area contributed by atoms with E-state index in [0.717, 1.165) is 5.56 Å². The average Bonchev–Trinajstić information content (AvgIpc) is 2.71. The summed E-state index contributed by atoms with van der Waals surface area (Å²) in [4.78, 5) is 11.9. The molecule has 1 aromatic carbocycles. The van der Waals surface area contributed by atoms with Crippen molar-refractivity contribution in [3.05, 3.63) is 52.7 Å². The molecule has 0 atom stereocenters. The number of nitrogen functional groups attached to an aromatic ring is 1. The van der Waals surface area contributed by atoms with Crippen molar-refractivity contribution in [1.29, 1.82) is 0 Å². The lowest BCUT2D eigenvalue weighted by Crippen LogP contribution is -2.11. The zero-order valence-corrected chi connectivity index (χ0v) is 11.5. The largest absolute Gasteiger partial charge is 0.336 e. The van der Waals surface area contributed by atoms with Gasteiger partial charge in [0.1, 0.15) is 5.82 Å². The third-order valence-electron chi connectivity index (χ3n) is 2.56. The summed E-state index contributed by atoms with van der Waals surface area (Å²) in [7, 11) is 0. The molecule has 2 aromatic rings. The van der Waals surface area contributed by atoms with Crippen LogP contribution in [0.2, 0.25) is 0 Å². The van der Waals surface area contributed by atoms with Crippen LogP contribution in [0.3, 0.4) is 0 Å². The van der Waals surface area contributed by atoms with Gasteiger partial charge in [-0.1, -0.05) is 41.6 Å². The first-order chi connectivity index (χ1) is 9.08. The molecule has 0 aliphatic carbocycles. The highest BCUT2D eigenvalue weighted by Gasteiger charge is 2.05. The summed E-state index contributed by atoms with van der Waals surface area (Å²) in [5.74, 6) is 6.28. The minimum atomic E-state index is -0.0488. The molecule has 98 valence electrons. The Labute approximate surface area is 115 Å². The zero-order chi connectivity index (χ0) is 13.8. The van der Waals surface area contributed by atoms with E-state index < -0.39 is 0 Å². The molecule has 2 N–H and O–H groups in total. The van der Waals surface area contributed by atoms with Crippen LogP contribution in [-0.4, -0.2) is 20.7 Å². The average molecular weight is 274 g/mol. The number of allylic oxidation sites excluding steroid dienone is 1. The van der Waals surface area contributed by atoms with E-state index in [4.69, 9.17) is 5.84 Å². The summed E-state index contributed by atoms with van der Waals surface area (Å²) in [6, 6.07) is 7.44. The second-order valence-corrected chi connectivity index (χ2v) is 4.92. The van der Waals surface area contributed by atoms with Gasteiger partial charge in [0.25, 0.3) is 0 Å². The lowest BCUT2D eigenvalue weighted by atomic mass is 10.1. The van der Waals surface area contributed by atoms with Crippen molar-refractivity contribution in [1.82, 2.24) is 14.9 Å². The number of carbonyl (C=O) groups excluding carboxylic acids is 1. The molecule has 19 heavy (non-hydrogen) atoms. The number of benzene rings is 1. The van der Waals surface area contributed by atoms with Crippen LogP contribution in [0, 0.1) is 13.8 Å². The van der Waals surface area contributed by atoms with E-state index in [-0.39, 0.29) is 5.78 Å². The molecule has 0 spiro atoms. The van der Waals surface area contributed by atoms with E-state index in [1.54, 1.807) is 12.3 Å². The van der Waals surface area contributed by atoms with Crippen LogP contribution < -0.4 is 5.84 Å². The molecular weight excluding hydrogens is 260 g/mol. The molecule has 0 unspecified atom stereocenters. The van der Waals surface area contributed by atoms with E-state index in [1.807, 2.05) is 31.2 Å². The van der Waals surface area contributed by atoms with Crippen LogP contribution >= 0.6 is 11.8 Å². The van der Waals surface area contributed by atoms with Crippen LogP contribution in [0.15, 0.2) is 40.9 Å². The summed E-state index contributed by atoms with van der Waals surface area (Å²) in [6.07, 6.45) is 1.50. The van der Waals surface area contributed by atoms with Gasteiger partial charge < -0.3 is 5.84 Å². The third kappa shape index (κ3) is 3.23. The molecule has 0 bridgehead atoms. The first-order valence-electron chi connectivity index (χ1n) is 5.69. The number of aryl methyl sites for hydroxylation is 2. The number of hydrogen-bond acceptors (Lipinski definition) is 5. The van der Waals surface area contributed by atoms with Gasteiger partial charge in [-0.25, -0.2) is 4.68 Å². The Kier molecular flexibility index (Phi) is 4.01. The molecule has 6 heteroatoms. The van der Waals surface area contributed by atoms with E-state index in [9.17, 15) is 4.79 Å². The van der Waals surface area contributed by atoms with Gasteiger partial charge in [-0.3, -0.25) is 4.79 Å². The summed E-state index contributed by atoms with van der Waals surface area (Å²) in [5.41, 5.74) is 1.79. The van der Waals surface area contributed by atoms with Crippen LogP contribution in [0.5, 0.6) is 0 Å². The maximum atomic E-state index is 11.9. The Bertz CT molecular complexity index is 616. The molecule has 0 aliphatic heterocycles. The molecule has 0 aliphatic rings. The van der Waals surface area contributed by atoms with Crippen LogP contribution in [-0.2, 0) is 0 Å². The topological polar surface area (TPSA) is 73.8 Å². The normalized spacial score (nSPS) is 11.1. The first-order valence-corrected chi connectivity index (χ1v) is 6.57. The smallest absolute Gasteiger partial charge is 0.213 e. The number of nitrogens with two attached hydrogens (primary N) is 1. The number of rotatable bonds is 4. The summed E-state index contributed by atoms with van der Waals surface area (Å²) in [5, 5.41) is 9.92. The van der Waals surface area contributed by atoms with Crippen molar-refractivity contribution in [3.63, 3.8) is 0 Å². The number of carbonyl (C=O) groups is 1. The molecular formula is C13H14N4OS. The Balaban J connectivity index is 2.01. The third-order valence-corrected chi connectivity index (χ3v) is 3.33. The highest BCUT2D eigenvalue weighted by atomic mass is 32.2. The minimum absolute atomic E-state index is 0.0488. The number of hydrogen-bond donors (Lipinski definition) is 1. The van der Waals surface area contributed by atoms with Gasteiger partial charge in [0, 0.05) is 5.56 Å². The summed E-state index contributed by atoms with van der Waals surface area (Å²) < 4.78 is 1.38. The molecule has 0 saturated carbocycles. The SMILES string of the molecule is Cc1ccc(C(=O)/C=C/Sc2nnc(C)n2N)cc1. The molecule has 0 amide bonds. The van der Waals surface area contributed by atoms with Crippen molar-refractivity contribution in [2.45, 2.75) is 19.0 Å². The summed E-state index contributed by atoms with van der Waals surface area (Å²) >= 11 is 1.26. The maximum Gasteiger partial charge on any atom is 0.213 e. The molecule has 0 saturated heterocycles. The van der Waals surface area contributed by atoms with Crippen LogP contribution in [0.4, 0.5) is 0 Å². The minimum Gasteiger partial charge on any atom is -0.336 e. The highest BCUT2D eigenvalue weighted by Crippen LogP contribution is 2.16. The van der Waals surface area contributed by atoms with Gasteiger partial charge in [0.05, 0.1) is 0 Å². The van der Waals surface area contributed by atoms with Crippen molar-refractivity contribution >= 4 is 17.5 Å². The van der Waals surface area contributed by atoms with Gasteiger partial charge in [0.15, 0.2) is 5.78 Å². The number of aromatic nitrogens is 3. The second kappa shape index (κ2) is 5.71. The fraction of sp³-hybridized carbons (Fsp3) is 0.154. The zero-order valence-electron chi connectivity index (χ0n) is 10.7. The van der Waals surface area contributed by atoms with Crippen molar-refractivity contribution < 1.29 is 4.79 Å². The fourth-order valence-electron chi connectivity index (χ4n) is 1.40. The monoisotopic (exact) mass is 274 g/mol.